The lowest BCUT2D eigenvalue weighted by Crippen LogP contribution is -2.42. The summed E-state index contributed by atoms with van der Waals surface area (Å²) in [7, 11) is 0. The number of nitrogens with one attached hydrogen (secondary N) is 4. The van der Waals surface area contributed by atoms with Crippen LogP contribution >= 0.6 is 0 Å². The summed E-state index contributed by atoms with van der Waals surface area (Å²) < 4.78 is 6.17. The summed E-state index contributed by atoms with van der Waals surface area (Å²) in [6.45, 7) is 6.63. The van der Waals surface area contributed by atoms with Crippen LogP contribution in [0.1, 0.15) is 50.5 Å². The van der Waals surface area contributed by atoms with E-state index >= 15 is 0 Å². The second-order valence-corrected chi connectivity index (χ2v) is 9.86. The predicted molar refractivity (Wildman–Crippen MR) is 144 cm³/mol. The number of amidine groups is 1. The Balaban J connectivity index is 1.35. The lowest BCUT2D eigenvalue weighted by molar-refractivity contribution is -0.119. The number of likely N-dealkylation sites (tertiary alicyclic amines) is 2. The number of piperidine rings is 2. The molecule has 200 valence electrons. The normalized spacial score (nSPS) is 21.2. The van der Waals surface area contributed by atoms with E-state index < -0.39 is 0 Å². The van der Waals surface area contributed by atoms with Crippen molar-refractivity contribution >= 4 is 29.8 Å². The minimum absolute atomic E-state index is 0.0162. The summed E-state index contributed by atoms with van der Waals surface area (Å²) in [5.74, 6) is 1.68. The Labute approximate surface area is 218 Å². The number of carbonyl (C=O) groups excluding carboxylic acids is 2. The molecule has 6 N–H and O–H groups in total. The quantitative estimate of drug-likeness (QED) is 0.153. The molecule has 0 spiro atoms. The van der Waals surface area contributed by atoms with E-state index in [1.54, 1.807) is 0 Å². The minimum atomic E-state index is -0.301. The molecule has 0 atom stereocenters. The summed E-state index contributed by atoms with van der Waals surface area (Å²) in [5.41, 5.74) is 7.31. The Hall–Kier alpha value is -3.60. The van der Waals surface area contributed by atoms with Gasteiger partial charge in [0.1, 0.15) is 0 Å². The molecule has 1 aromatic rings. The van der Waals surface area contributed by atoms with Gasteiger partial charge in [0.25, 0.3) is 0 Å². The fraction of sp³-hybridized carbons (Fsp3) is 0.538. The van der Waals surface area contributed by atoms with E-state index in [0.717, 1.165) is 76.9 Å². The van der Waals surface area contributed by atoms with Crippen LogP contribution < -0.4 is 26.4 Å². The van der Waals surface area contributed by atoms with Gasteiger partial charge in [-0.1, -0.05) is 6.07 Å². The topological polar surface area (TPSA) is 148 Å². The highest BCUT2D eigenvalue weighted by atomic mass is 16.5. The smallest absolute Gasteiger partial charge is 0.244 e. The molecule has 2 amide bonds. The number of aliphatic imine (C=N–C) groups is 1. The van der Waals surface area contributed by atoms with Crippen LogP contribution in [0.5, 0.6) is 5.75 Å². The Morgan fingerprint density at radius 2 is 2.00 bits per heavy atom. The van der Waals surface area contributed by atoms with Crippen molar-refractivity contribution in [1.29, 1.82) is 5.41 Å². The van der Waals surface area contributed by atoms with E-state index in [4.69, 9.17) is 15.9 Å². The number of amides is 2. The minimum Gasteiger partial charge on any atom is -0.450 e. The third-order valence-electron chi connectivity index (χ3n) is 7.13. The molecule has 3 heterocycles. The van der Waals surface area contributed by atoms with Crippen molar-refractivity contribution in [3.8, 4) is 5.75 Å². The summed E-state index contributed by atoms with van der Waals surface area (Å²) >= 11 is 0. The highest BCUT2D eigenvalue weighted by Crippen LogP contribution is 2.36. The maximum Gasteiger partial charge on any atom is 0.244 e. The predicted octanol–water partition coefficient (Wildman–Crippen LogP) is 1.54. The zero-order valence-corrected chi connectivity index (χ0v) is 21.5. The van der Waals surface area contributed by atoms with E-state index in [2.05, 4.69) is 38.0 Å². The fourth-order valence-corrected chi connectivity index (χ4v) is 5.06. The van der Waals surface area contributed by atoms with Gasteiger partial charge >= 0.3 is 0 Å². The number of hydrogen-bond donors (Lipinski definition) is 5. The molecule has 0 unspecified atom stereocenters. The third-order valence-corrected chi connectivity index (χ3v) is 7.13. The summed E-state index contributed by atoms with van der Waals surface area (Å²) in [6, 6.07) is 6.42. The van der Waals surface area contributed by atoms with Gasteiger partial charge in [-0.25, -0.2) is 0 Å². The van der Waals surface area contributed by atoms with E-state index in [-0.39, 0.29) is 11.9 Å². The highest BCUT2D eigenvalue weighted by molar-refractivity contribution is 6.13. The second kappa shape index (κ2) is 12.6. The first-order valence-electron chi connectivity index (χ1n) is 13.1. The largest absolute Gasteiger partial charge is 0.450 e. The van der Waals surface area contributed by atoms with Crippen LogP contribution in [0.2, 0.25) is 0 Å². The van der Waals surface area contributed by atoms with E-state index in [1.807, 2.05) is 17.2 Å². The molecular weight excluding hydrogens is 472 g/mol. The highest BCUT2D eigenvalue weighted by Gasteiger charge is 2.25. The first-order chi connectivity index (χ1) is 17.9. The molecule has 2 saturated heterocycles. The average molecular weight is 511 g/mol. The molecule has 0 aromatic heterocycles. The summed E-state index contributed by atoms with van der Waals surface area (Å²) in [4.78, 5) is 31.3. The summed E-state index contributed by atoms with van der Waals surface area (Å²) in [5, 5.41) is 16.8. The Morgan fingerprint density at radius 1 is 1.24 bits per heavy atom. The van der Waals surface area contributed by atoms with Gasteiger partial charge in [0, 0.05) is 51.9 Å². The Kier molecular flexibility index (Phi) is 8.99. The maximum absolute atomic E-state index is 11.8. The molecule has 2 fully saturated rings. The van der Waals surface area contributed by atoms with Gasteiger partial charge in [-0.2, -0.15) is 4.99 Å². The number of rotatable bonds is 8. The molecule has 11 heteroatoms. The standard InChI is InChI=1S/C26H38N8O3/c1-18(36)31-25-24(16-30-21-7-13-33(14-8-21)10-2-9-29-26(27)28)37-23-4-3-20(15-22(23)32-25)19-5-11-34(17-35)12-6-19/h3-4,15-17,19,21,30H,2,5-14H2,1H3,(H4,27,28,29)(H,31,32,36)/b24-16+. The molecular formula is C26H38N8O3. The third kappa shape index (κ3) is 7.45. The van der Waals surface area contributed by atoms with Crippen LogP contribution in [-0.4, -0.2) is 79.2 Å². The van der Waals surface area contributed by atoms with Crippen LogP contribution in [0.4, 0.5) is 5.69 Å². The number of carbonyl (C=O) groups is 2. The number of hydrogen-bond acceptors (Lipinski definition) is 6. The van der Waals surface area contributed by atoms with Crippen molar-refractivity contribution in [1.82, 2.24) is 20.4 Å². The molecule has 0 radical (unpaired) electrons. The number of anilines is 1. The number of guanidine groups is 1. The molecule has 4 rings (SSSR count). The number of benzene rings is 1. The Bertz CT molecular complexity index is 1040. The van der Waals surface area contributed by atoms with Gasteiger partial charge in [-0.3, -0.25) is 15.0 Å². The van der Waals surface area contributed by atoms with Crippen molar-refractivity contribution in [3.63, 3.8) is 0 Å². The maximum atomic E-state index is 11.8. The van der Waals surface area contributed by atoms with Gasteiger partial charge in [0.15, 0.2) is 23.3 Å². The molecule has 1 aromatic carbocycles. The van der Waals surface area contributed by atoms with Gasteiger partial charge in [0.05, 0.1) is 5.69 Å². The molecule has 0 aliphatic carbocycles. The SMILES string of the molecule is CC(=O)/N=C1/Nc2cc(C3CCN(C=O)CC3)ccc2O/C1=C/NC1CCN(CCCNC(=N)N)CC1. The average Bonchev–Trinajstić information content (AvgIpc) is 2.90. The molecule has 0 bridgehead atoms. The van der Waals surface area contributed by atoms with Crippen molar-refractivity contribution in [2.24, 2.45) is 10.7 Å². The van der Waals surface area contributed by atoms with Gasteiger partial charge in [-0.15, -0.1) is 0 Å². The molecule has 3 aliphatic heterocycles. The van der Waals surface area contributed by atoms with Gasteiger partial charge < -0.3 is 36.2 Å². The number of nitrogens with zero attached hydrogens (tertiary/aromatic N) is 3. The van der Waals surface area contributed by atoms with Crippen molar-refractivity contribution < 1.29 is 14.3 Å². The second-order valence-electron chi connectivity index (χ2n) is 9.86. The fourth-order valence-electron chi connectivity index (χ4n) is 5.06. The van der Waals surface area contributed by atoms with Gasteiger partial charge in [-0.05, 0) is 62.3 Å². The Morgan fingerprint density at radius 3 is 2.68 bits per heavy atom. The van der Waals surface area contributed by atoms with Crippen LogP contribution in [0, 0.1) is 5.41 Å². The first-order valence-corrected chi connectivity index (χ1v) is 13.1. The van der Waals surface area contributed by atoms with E-state index in [9.17, 15) is 9.59 Å². The number of ether oxygens (including phenoxy) is 1. The monoisotopic (exact) mass is 510 g/mol. The summed E-state index contributed by atoms with van der Waals surface area (Å²) in [6.07, 6.45) is 7.54. The van der Waals surface area contributed by atoms with Crippen LogP contribution in [0.25, 0.3) is 0 Å². The van der Waals surface area contributed by atoms with E-state index in [0.29, 0.717) is 35.8 Å². The zero-order chi connectivity index (χ0) is 26.2. The lowest BCUT2D eigenvalue weighted by Gasteiger charge is -2.32. The lowest BCUT2D eigenvalue weighted by atomic mass is 9.89. The number of nitrogens with two attached hydrogens (primary N) is 1. The zero-order valence-electron chi connectivity index (χ0n) is 21.5. The van der Waals surface area contributed by atoms with E-state index in [1.165, 1.54) is 12.5 Å². The van der Waals surface area contributed by atoms with Gasteiger partial charge in [0.2, 0.25) is 12.3 Å². The molecule has 37 heavy (non-hydrogen) atoms. The number of fused-ring (bicyclic) bond motifs is 1. The first kappa shape index (κ1) is 26.5. The molecule has 3 aliphatic rings. The van der Waals surface area contributed by atoms with Crippen molar-refractivity contribution in [2.45, 2.75) is 51.0 Å². The van der Waals surface area contributed by atoms with Crippen molar-refractivity contribution in [2.75, 3.05) is 44.6 Å². The molecule has 0 saturated carbocycles. The van der Waals surface area contributed by atoms with Crippen LogP contribution in [-0.2, 0) is 9.59 Å². The molecule has 11 nitrogen and oxygen atoms in total. The van der Waals surface area contributed by atoms with Crippen LogP contribution in [0.15, 0.2) is 35.2 Å². The van der Waals surface area contributed by atoms with Crippen LogP contribution in [0.3, 0.4) is 0 Å². The van der Waals surface area contributed by atoms with Crippen molar-refractivity contribution in [3.05, 3.63) is 35.7 Å².